The fraction of sp³-hybridized carbons (Fsp3) is 0.217. The molecule has 0 unspecified atom stereocenters. The van der Waals surface area contributed by atoms with E-state index in [0.29, 0.717) is 41.5 Å². The van der Waals surface area contributed by atoms with E-state index in [0.717, 1.165) is 30.5 Å². The van der Waals surface area contributed by atoms with E-state index < -0.39 is 0 Å². The molecule has 1 heterocycles. The third kappa shape index (κ3) is 4.58. The van der Waals surface area contributed by atoms with E-state index in [9.17, 15) is 10.1 Å². The van der Waals surface area contributed by atoms with Crippen LogP contribution in [0.3, 0.4) is 0 Å². The predicted octanol–water partition coefficient (Wildman–Crippen LogP) is 4.58. The molecule has 29 heavy (non-hydrogen) atoms. The molecule has 1 aromatic heterocycles. The number of nitriles is 1. The summed E-state index contributed by atoms with van der Waals surface area (Å²) in [4.78, 5) is 21.0. The Labute approximate surface area is 169 Å². The summed E-state index contributed by atoms with van der Waals surface area (Å²) in [6.07, 6.45) is 4.73. The molecule has 2 aromatic carbocycles. The highest BCUT2D eigenvalue weighted by Crippen LogP contribution is 2.25. The topological polar surface area (TPSA) is 87.9 Å². The van der Waals surface area contributed by atoms with Gasteiger partial charge in [0.1, 0.15) is 12.4 Å². The van der Waals surface area contributed by atoms with Crippen molar-refractivity contribution >= 4 is 17.4 Å². The zero-order valence-electron chi connectivity index (χ0n) is 15.9. The van der Waals surface area contributed by atoms with Crippen molar-refractivity contribution in [2.24, 2.45) is 0 Å². The number of carbonyl (C=O) groups is 1. The smallest absolute Gasteiger partial charge is 0.227 e. The number of benzene rings is 2. The van der Waals surface area contributed by atoms with Crippen molar-refractivity contribution in [3.63, 3.8) is 0 Å². The maximum absolute atomic E-state index is 12.1. The minimum absolute atomic E-state index is 0.104. The summed E-state index contributed by atoms with van der Waals surface area (Å²) in [5.74, 6) is 1.09. The van der Waals surface area contributed by atoms with Crippen LogP contribution in [0.2, 0.25) is 0 Å². The first-order valence-electron chi connectivity index (χ1n) is 9.59. The monoisotopic (exact) mass is 384 g/mol. The minimum Gasteiger partial charge on any atom is -0.489 e. The van der Waals surface area contributed by atoms with Crippen LogP contribution in [0.4, 0.5) is 11.6 Å². The lowest BCUT2D eigenvalue weighted by atomic mass is 10.1. The van der Waals surface area contributed by atoms with Gasteiger partial charge in [0.25, 0.3) is 0 Å². The minimum atomic E-state index is 0.104. The van der Waals surface area contributed by atoms with Gasteiger partial charge in [-0.3, -0.25) is 4.79 Å². The summed E-state index contributed by atoms with van der Waals surface area (Å²) in [6, 6.07) is 17.2. The number of Topliss-reactive ketones (excluding diaryl/α,β-unsaturated/α-hetero) is 1. The Bertz CT molecular complexity index is 1070. The first-order valence-corrected chi connectivity index (χ1v) is 9.59. The molecule has 1 aliphatic carbocycles. The van der Waals surface area contributed by atoms with Crippen LogP contribution in [-0.2, 0) is 13.0 Å². The van der Waals surface area contributed by atoms with Gasteiger partial charge in [-0.15, -0.1) is 0 Å². The molecule has 0 saturated heterocycles. The number of hydrogen-bond acceptors (Lipinski definition) is 6. The lowest BCUT2D eigenvalue weighted by Gasteiger charge is -2.11. The number of aromatic nitrogens is 2. The SMILES string of the molecule is N#Cc1cc(Nc2ncc3c(n2)CCCCC3=O)cc(OCc2ccccc2)c1. The fourth-order valence-corrected chi connectivity index (χ4v) is 3.30. The molecule has 0 radical (unpaired) electrons. The molecule has 1 N–H and O–H groups in total. The second-order valence-corrected chi connectivity index (χ2v) is 6.94. The molecule has 0 bridgehead atoms. The normalized spacial score (nSPS) is 13.1. The summed E-state index contributed by atoms with van der Waals surface area (Å²) < 4.78 is 5.86. The first-order chi connectivity index (χ1) is 14.2. The second-order valence-electron chi connectivity index (χ2n) is 6.94. The summed E-state index contributed by atoms with van der Waals surface area (Å²) in [5.41, 5.74) is 3.57. The number of nitrogens with one attached hydrogen (secondary N) is 1. The number of rotatable bonds is 5. The van der Waals surface area contributed by atoms with Gasteiger partial charge in [0.2, 0.25) is 5.95 Å². The summed E-state index contributed by atoms with van der Waals surface area (Å²) in [6.45, 7) is 0.409. The van der Waals surface area contributed by atoms with Crippen LogP contribution in [0, 0.1) is 11.3 Å². The standard InChI is InChI=1S/C23H20N4O2/c24-13-17-10-18(12-19(11-17)29-15-16-6-2-1-3-7-16)26-23-25-14-20-21(27-23)8-4-5-9-22(20)28/h1-3,6-7,10-12,14H,4-5,8-9,15H2,(H,25,26,27). The Hall–Kier alpha value is -3.72. The molecular weight excluding hydrogens is 364 g/mol. The summed E-state index contributed by atoms with van der Waals surface area (Å²) in [7, 11) is 0. The fourth-order valence-electron chi connectivity index (χ4n) is 3.30. The van der Waals surface area contributed by atoms with Gasteiger partial charge in [-0.1, -0.05) is 30.3 Å². The number of ether oxygens (including phenoxy) is 1. The Morgan fingerprint density at radius 1 is 1.10 bits per heavy atom. The zero-order chi connectivity index (χ0) is 20.1. The van der Waals surface area contributed by atoms with Crippen LogP contribution in [0.1, 0.15) is 46.4 Å². The molecule has 0 amide bonds. The second kappa shape index (κ2) is 8.53. The lowest BCUT2D eigenvalue weighted by molar-refractivity contribution is 0.0981. The Morgan fingerprint density at radius 2 is 1.93 bits per heavy atom. The molecule has 144 valence electrons. The predicted molar refractivity (Wildman–Crippen MR) is 109 cm³/mol. The maximum Gasteiger partial charge on any atom is 0.227 e. The van der Waals surface area contributed by atoms with Gasteiger partial charge in [0.05, 0.1) is 22.9 Å². The Balaban J connectivity index is 1.54. The molecule has 1 aliphatic rings. The summed E-state index contributed by atoms with van der Waals surface area (Å²) in [5, 5.41) is 12.5. The van der Waals surface area contributed by atoms with E-state index in [2.05, 4.69) is 21.4 Å². The molecule has 0 atom stereocenters. The number of aryl methyl sites for hydroxylation is 1. The molecule has 0 fully saturated rings. The van der Waals surface area contributed by atoms with Crippen LogP contribution in [0.5, 0.6) is 5.75 Å². The highest BCUT2D eigenvalue weighted by molar-refractivity contribution is 5.97. The molecule has 0 aliphatic heterocycles. The van der Waals surface area contributed by atoms with Crippen molar-refractivity contribution in [2.75, 3.05) is 5.32 Å². The number of ketones is 1. The average Bonchev–Trinajstić information content (AvgIpc) is 2.94. The molecule has 0 saturated carbocycles. The number of fused-ring (bicyclic) bond motifs is 1. The van der Waals surface area contributed by atoms with Gasteiger partial charge >= 0.3 is 0 Å². The van der Waals surface area contributed by atoms with E-state index in [1.54, 1.807) is 18.3 Å². The van der Waals surface area contributed by atoms with Crippen LogP contribution in [0.25, 0.3) is 0 Å². The van der Waals surface area contributed by atoms with Gasteiger partial charge in [0.15, 0.2) is 5.78 Å². The van der Waals surface area contributed by atoms with E-state index in [1.807, 2.05) is 36.4 Å². The summed E-state index contributed by atoms with van der Waals surface area (Å²) >= 11 is 0. The van der Waals surface area contributed by atoms with Crippen molar-refractivity contribution < 1.29 is 9.53 Å². The van der Waals surface area contributed by atoms with Crippen molar-refractivity contribution in [2.45, 2.75) is 32.3 Å². The number of anilines is 2. The van der Waals surface area contributed by atoms with E-state index >= 15 is 0 Å². The number of hydrogen-bond donors (Lipinski definition) is 1. The third-order valence-corrected chi connectivity index (χ3v) is 4.78. The van der Waals surface area contributed by atoms with Crippen LogP contribution < -0.4 is 10.1 Å². The zero-order valence-corrected chi connectivity index (χ0v) is 15.9. The van der Waals surface area contributed by atoms with Crippen LogP contribution in [-0.4, -0.2) is 15.8 Å². The van der Waals surface area contributed by atoms with Crippen LogP contribution >= 0.6 is 0 Å². The maximum atomic E-state index is 12.1. The quantitative estimate of drug-likeness (QED) is 0.648. The van der Waals surface area contributed by atoms with Crippen molar-refractivity contribution in [1.82, 2.24) is 9.97 Å². The lowest BCUT2D eigenvalue weighted by Crippen LogP contribution is -2.07. The average molecular weight is 384 g/mol. The van der Waals surface area contributed by atoms with Crippen molar-refractivity contribution in [3.8, 4) is 11.8 Å². The van der Waals surface area contributed by atoms with Gasteiger partial charge in [-0.2, -0.15) is 5.26 Å². The van der Waals surface area contributed by atoms with Crippen molar-refractivity contribution in [3.05, 3.63) is 77.1 Å². The number of nitrogens with zero attached hydrogens (tertiary/aromatic N) is 3. The Morgan fingerprint density at radius 3 is 2.76 bits per heavy atom. The molecule has 0 spiro atoms. The van der Waals surface area contributed by atoms with E-state index in [1.165, 1.54) is 0 Å². The Kier molecular flexibility index (Phi) is 5.48. The van der Waals surface area contributed by atoms with Crippen molar-refractivity contribution in [1.29, 1.82) is 5.26 Å². The first kappa shape index (κ1) is 18.6. The highest BCUT2D eigenvalue weighted by Gasteiger charge is 2.18. The van der Waals surface area contributed by atoms with Crippen LogP contribution in [0.15, 0.2) is 54.7 Å². The van der Waals surface area contributed by atoms with Gasteiger partial charge in [-0.25, -0.2) is 9.97 Å². The van der Waals surface area contributed by atoms with Gasteiger partial charge in [0, 0.05) is 24.4 Å². The highest BCUT2D eigenvalue weighted by atomic mass is 16.5. The molecule has 3 aromatic rings. The van der Waals surface area contributed by atoms with E-state index in [-0.39, 0.29) is 5.78 Å². The third-order valence-electron chi connectivity index (χ3n) is 4.78. The van der Waals surface area contributed by atoms with E-state index in [4.69, 9.17) is 4.74 Å². The molecule has 6 nitrogen and oxygen atoms in total. The number of carbonyl (C=O) groups excluding carboxylic acids is 1. The van der Waals surface area contributed by atoms with Gasteiger partial charge in [-0.05, 0) is 37.0 Å². The molecule has 4 rings (SSSR count). The molecule has 6 heteroatoms. The largest absolute Gasteiger partial charge is 0.489 e. The molecular formula is C23H20N4O2. The van der Waals surface area contributed by atoms with Gasteiger partial charge < -0.3 is 10.1 Å².